The quantitative estimate of drug-likeness (QED) is 0.330. The lowest BCUT2D eigenvalue weighted by Crippen LogP contribution is -2.36. The lowest BCUT2D eigenvalue weighted by atomic mass is 9.90. The first kappa shape index (κ1) is 27.4. The average Bonchev–Trinajstić information content (AvgIpc) is 2.61. The smallest absolute Gasteiger partial charge is 0.222 e. The van der Waals surface area contributed by atoms with Crippen LogP contribution in [0.4, 0.5) is 0 Å². The molecule has 0 spiro atoms. The van der Waals surface area contributed by atoms with E-state index in [0.717, 1.165) is 24.2 Å². The molecule has 0 rings (SSSR count). The van der Waals surface area contributed by atoms with Crippen molar-refractivity contribution in [3.05, 3.63) is 0 Å². The SMILES string of the molecule is CC(C)CCCC(C)CCCC(C)CCCC(C)CC(=O)N(CCO)CCO. The van der Waals surface area contributed by atoms with Gasteiger partial charge in [-0.3, -0.25) is 4.79 Å². The second-order valence-corrected chi connectivity index (χ2v) is 9.53. The zero-order valence-electron chi connectivity index (χ0n) is 19.5. The van der Waals surface area contributed by atoms with Crippen LogP contribution in [0.25, 0.3) is 0 Å². The molecule has 0 bridgehead atoms. The molecule has 0 aromatic rings. The van der Waals surface area contributed by atoms with Crippen LogP contribution in [-0.2, 0) is 4.79 Å². The Kier molecular flexibility index (Phi) is 16.9. The highest BCUT2D eigenvalue weighted by Crippen LogP contribution is 2.22. The van der Waals surface area contributed by atoms with Crippen LogP contribution in [0.5, 0.6) is 0 Å². The number of aliphatic hydroxyl groups excluding tert-OH is 2. The van der Waals surface area contributed by atoms with Gasteiger partial charge >= 0.3 is 0 Å². The van der Waals surface area contributed by atoms with Gasteiger partial charge in [0.05, 0.1) is 13.2 Å². The van der Waals surface area contributed by atoms with Crippen LogP contribution < -0.4 is 0 Å². The van der Waals surface area contributed by atoms with Crippen molar-refractivity contribution in [2.75, 3.05) is 26.3 Å². The summed E-state index contributed by atoms with van der Waals surface area (Å²) in [4.78, 5) is 13.8. The summed E-state index contributed by atoms with van der Waals surface area (Å²) in [5, 5.41) is 18.1. The van der Waals surface area contributed by atoms with E-state index in [1.165, 1.54) is 51.4 Å². The normalized spacial score (nSPS) is 14.9. The number of carbonyl (C=O) groups excluding carboxylic acids is 1. The van der Waals surface area contributed by atoms with Gasteiger partial charge in [0.25, 0.3) is 0 Å². The van der Waals surface area contributed by atoms with Crippen molar-refractivity contribution in [2.45, 2.75) is 98.8 Å². The summed E-state index contributed by atoms with van der Waals surface area (Å²) in [6.45, 7) is 12.1. The van der Waals surface area contributed by atoms with E-state index in [1.54, 1.807) is 4.90 Å². The van der Waals surface area contributed by atoms with Gasteiger partial charge in [-0.1, -0.05) is 92.4 Å². The summed E-state index contributed by atoms with van der Waals surface area (Å²) in [7, 11) is 0. The standard InChI is InChI=1S/C24H49NO3/c1-20(2)9-6-10-21(3)11-7-12-22(4)13-8-14-23(5)19-24(28)25(15-17-26)16-18-27/h20-23,26-27H,6-19H2,1-5H3. The highest BCUT2D eigenvalue weighted by molar-refractivity contribution is 5.76. The maximum absolute atomic E-state index is 12.3. The minimum absolute atomic E-state index is 0.0476. The van der Waals surface area contributed by atoms with Gasteiger partial charge in [-0.2, -0.15) is 0 Å². The first-order chi connectivity index (χ1) is 13.3. The molecule has 0 aliphatic heterocycles. The highest BCUT2D eigenvalue weighted by atomic mass is 16.3. The lowest BCUT2D eigenvalue weighted by Gasteiger charge is -2.22. The molecular weight excluding hydrogens is 350 g/mol. The Hall–Kier alpha value is -0.610. The molecule has 168 valence electrons. The molecule has 0 aromatic heterocycles. The van der Waals surface area contributed by atoms with Gasteiger partial charge in [0, 0.05) is 19.5 Å². The molecule has 4 heteroatoms. The average molecular weight is 400 g/mol. The Morgan fingerprint density at radius 1 is 0.679 bits per heavy atom. The number of nitrogens with zero attached hydrogens (tertiary/aromatic N) is 1. The van der Waals surface area contributed by atoms with Crippen LogP contribution in [0.15, 0.2) is 0 Å². The molecule has 0 heterocycles. The Bertz CT molecular complexity index is 367. The molecule has 2 N–H and O–H groups in total. The van der Waals surface area contributed by atoms with E-state index in [9.17, 15) is 4.79 Å². The van der Waals surface area contributed by atoms with Gasteiger partial charge in [-0.15, -0.1) is 0 Å². The molecular formula is C24H49NO3. The van der Waals surface area contributed by atoms with E-state index in [-0.39, 0.29) is 19.1 Å². The van der Waals surface area contributed by atoms with Crippen molar-refractivity contribution in [2.24, 2.45) is 23.7 Å². The summed E-state index contributed by atoms with van der Waals surface area (Å²) >= 11 is 0. The molecule has 0 saturated carbocycles. The van der Waals surface area contributed by atoms with E-state index in [2.05, 4.69) is 34.6 Å². The molecule has 0 fully saturated rings. The Morgan fingerprint density at radius 3 is 1.46 bits per heavy atom. The molecule has 0 aliphatic carbocycles. The van der Waals surface area contributed by atoms with Crippen molar-refractivity contribution >= 4 is 5.91 Å². The number of hydrogen-bond donors (Lipinski definition) is 2. The maximum atomic E-state index is 12.3. The van der Waals surface area contributed by atoms with E-state index in [0.29, 0.717) is 25.4 Å². The largest absolute Gasteiger partial charge is 0.395 e. The van der Waals surface area contributed by atoms with Crippen molar-refractivity contribution in [3.63, 3.8) is 0 Å². The topological polar surface area (TPSA) is 60.8 Å². The summed E-state index contributed by atoms with van der Waals surface area (Å²) in [5.74, 6) is 2.87. The van der Waals surface area contributed by atoms with Crippen LogP contribution in [0.2, 0.25) is 0 Å². The fraction of sp³-hybridized carbons (Fsp3) is 0.958. The van der Waals surface area contributed by atoms with Gasteiger partial charge in [0.15, 0.2) is 0 Å². The van der Waals surface area contributed by atoms with Gasteiger partial charge < -0.3 is 15.1 Å². The molecule has 0 saturated heterocycles. The molecule has 1 amide bonds. The predicted octanol–water partition coefficient (Wildman–Crippen LogP) is 5.26. The molecule has 28 heavy (non-hydrogen) atoms. The van der Waals surface area contributed by atoms with Crippen molar-refractivity contribution < 1.29 is 15.0 Å². The lowest BCUT2D eigenvalue weighted by molar-refractivity contribution is -0.133. The Morgan fingerprint density at radius 2 is 1.07 bits per heavy atom. The fourth-order valence-corrected chi connectivity index (χ4v) is 3.92. The van der Waals surface area contributed by atoms with Crippen molar-refractivity contribution in [1.29, 1.82) is 0 Å². The second kappa shape index (κ2) is 17.3. The summed E-state index contributed by atoms with van der Waals surface area (Å²) in [6.07, 6.45) is 12.2. The highest BCUT2D eigenvalue weighted by Gasteiger charge is 2.16. The number of carbonyl (C=O) groups is 1. The Balaban J connectivity index is 3.83. The molecule has 0 aliphatic rings. The minimum Gasteiger partial charge on any atom is -0.395 e. The fourth-order valence-electron chi connectivity index (χ4n) is 3.92. The van der Waals surface area contributed by atoms with Crippen molar-refractivity contribution in [3.8, 4) is 0 Å². The van der Waals surface area contributed by atoms with Gasteiger partial charge in [-0.05, 0) is 23.7 Å². The third kappa shape index (κ3) is 15.3. The number of amides is 1. The van der Waals surface area contributed by atoms with E-state index < -0.39 is 0 Å². The number of aliphatic hydroxyl groups is 2. The van der Waals surface area contributed by atoms with Crippen LogP contribution in [-0.4, -0.2) is 47.3 Å². The predicted molar refractivity (Wildman–Crippen MR) is 119 cm³/mol. The third-order valence-electron chi connectivity index (χ3n) is 5.88. The second-order valence-electron chi connectivity index (χ2n) is 9.53. The monoisotopic (exact) mass is 399 g/mol. The van der Waals surface area contributed by atoms with Crippen LogP contribution in [0, 0.1) is 23.7 Å². The van der Waals surface area contributed by atoms with E-state index in [4.69, 9.17) is 10.2 Å². The molecule has 3 unspecified atom stereocenters. The van der Waals surface area contributed by atoms with Gasteiger partial charge in [-0.25, -0.2) is 0 Å². The van der Waals surface area contributed by atoms with Crippen LogP contribution in [0.1, 0.15) is 98.8 Å². The van der Waals surface area contributed by atoms with Crippen LogP contribution >= 0.6 is 0 Å². The summed E-state index contributed by atoms with van der Waals surface area (Å²) in [5.41, 5.74) is 0. The first-order valence-electron chi connectivity index (χ1n) is 11.8. The minimum atomic E-state index is -0.0476. The maximum Gasteiger partial charge on any atom is 0.222 e. The van der Waals surface area contributed by atoms with Gasteiger partial charge in [0.2, 0.25) is 5.91 Å². The third-order valence-corrected chi connectivity index (χ3v) is 5.88. The number of rotatable bonds is 18. The van der Waals surface area contributed by atoms with E-state index >= 15 is 0 Å². The molecule has 0 radical (unpaired) electrons. The molecule has 0 aromatic carbocycles. The first-order valence-corrected chi connectivity index (χ1v) is 11.8. The summed E-state index contributed by atoms with van der Waals surface area (Å²) < 4.78 is 0. The molecule has 4 nitrogen and oxygen atoms in total. The van der Waals surface area contributed by atoms with E-state index in [1.807, 2.05) is 0 Å². The zero-order valence-corrected chi connectivity index (χ0v) is 19.5. The van der Waals surface area contributed by atoms with Gasteiger partial charge in [0.1, 0.15) is 0 Å². The molecule has 3 atom stereocenters. The van der Waals surface area contributed by atoms with Crippen molar-refractivity contribution in [1.82, 2.24) is 4.90 Å². The zero-order chi connectivity index (χ0) is 21.4. The van der Waals surface area contributed by atoms with Crippen LogP contribution in [0.3, 0.4) is 0 Å². The summed E-state index contributed by atoms with van der Waals surface area (Å²) in [6, 6.07) is 0. The Labute approximate surface area is 175 Å². The number of hydrogen-bond acceptors (Lipinski definition) is 3.